The summed E-state index contributed by atoms with van der Waals surface area (Å²) in [5.74, 6) is 0.707. The van der Waals surface area contributed by atoms with Gasteiger partial charge in [-0.2, -0.15) is 8.78 Å². The van der Waals surface area contributed by atoms with Gasteiger partial charge in [0.05, 0.1) is 0 Å². The average Bonchev–Trinajstić information content (AvgIpc) is 2.47. The van der Waals surface area contributed by atoms with E-state index in [-0.39, 0.29) is 11.8 Å². The molecule has 0 radical (unpaired) electrons. The molecule has 21 heavy (non-hydrogen) atoms. The summed E-state index contributed by atoms with van der Waals surface area (Å²) in [5.41, 5.74) is 0.640. The maximum absolute atomic E-state index is 12.4. The van der Waals surface area contributed by atoms with E-state index in [2.05, 4.69) is 17.0 Å². The van der Waals surface area contributed by atoms with E-state index in [0.29, 0.717) is 23.0 Å². The van der Waals surface area contributed by atoms with Crippen molar-refractivity contribution in [3.05, 3.63) is 28.8 Å². The Bertz CT molecular complexity index is 453. The maximum Gasteiger partial charge on any atom is 0.387 e. The van der Waals surface area contributed by atoms with Crippen molar-refractivity contribution in [2.75, 3.05) is 13.2 Å². The summed E-state index contributed by atoms with van der Waals surface area (Å²) in [6, 6.07) is 4.96. The summed E-state index contributed by atoms with van der Waals surface area (Å²) in [6.07, 6.45) is 2.04. The number of alkyl halides is 2. The molecule has 0 amide bonds. The first-order chi connectivity index (χ1) is 10.1. The number of halogens is 3. The third-order valence-corrected chi connectivity index (χ3v) is 4.06. The molecule has 0 saturated carbocycles. The lowest BCUT2D eigenvalue weighted by molar-refractivity contribution is -0.0505. The highest BCUT2D eigenvalue weighted by Gasteiger charge is 2.20. The Labute approximate surface area is 128 Å². The molecule has 2 rings (SSSR count). The number of hydrogen-bond acceptors (Lipinski definition) is 3. The largest absolute Gasteiger partial charge is 0.434 e. The molecular weight excluding hydrogens is 300 g/mol. The molecule has 1 fully saturated rings. The second-order valence-electron chi connectivity index (χ2n) is 5.25. The van der Waals surface area contributed by atoms with Crippen LogP contribution in [0.1, 0.15) is 25.3 Å². The molecule has 1 aromatic rings. The summed E-state index contributed by atoms with van der Waals surface area (Å²) < 4.78 is 34.7. The van der Waals surface area contributed by atoms with E-state index in [1.54, 1.807) is 12.1 Å². The smallest absolute Gasteiger partial charge is 0.387 e. The number of nitrogens with one attached hydrogen (secondary N) is 1. The molecule has 0 bridgehead atoms. The van der Waals surface area contributed by atoms with Crippen molar-refractivity contribution < 1.29 is 18.3 Å². The van der Waals surface area contributed by atoms with Gasteiger partial charge in [-0.1, -0.05) is 11.6 Å². The van der Waals surface area contributed by atoms with Crippen LogP contribution in [0.25, 0.3) is 0 Å². The Morgan fingerprint density at radius 3 is 2.76 bits per heavy atom. The predicted molar refractivity (Wildman–Crippen MR) is 77.9 cm³/mol. The summed E-state index contributed by atoms with van der Waals surface area (Å²) in [7, 11) is 0. The fourth-order valence-electron chi connectivity index (χ4n) is 2.55. The molecule has 1 atom stereocenters. The van der Waals surface area contributed by atoms with Gasteiger partial charge < -0.3 is 14.8 Å². The van der Waals surface area contributed by atoms with Crippen molar-refractivity contribution in [3.8, 4) is 5.75 Å². The Morgan fingerprint density at radius 2 is 2.10 bits per heavy atom. The van der Waals surface area contributed by atoms with Crippen LogP contribution in [-0.2, 0) is 11.3 Å². The molecule has 0 aromatic heterocycles. The van der Waals surface area contributed by atoms with Gasteiger partial charge in [-0.3, -0.25) is 0 Å². The fraction of sp³-hybridized carbons (Fsp3) is 0.600. The van der Waals surface area contributed by atoms with Crippen molar-refractivity contribution in [2.24, 2.45) is 5.92 Å². The molecule has 3 nitrogen and oxygen atoms in total. The lowest BCUT2D eigenvalue weighted by atomic mass is 9.93. The Hall–Kier alpha value is -0.910. The molecule has 118 valence electrons. The first-order valence-corrected chi connectivity index (χ1v) is 7.48. The third-order valence-electron chi connectivity index (χ3n) is 3.83. The second-order valence-corrected chi connectivity index (χ2v) is 5.69. The summed E-state index contributed by atoms with van der Waals surface area (Å²) in [4.78, 5) is 0. The highest BCUT2D eigenvalue weighted by atomic mass is 35.5. The van der Waals surface area contributed by atoms with Crippen molar-refractivity contribution >= 4 is 11.6 Å². The number of benzene rings is 1. The van der Waals surface area contributed by atoms with Crippen LogP contribution in [-0.4, -0.2) is 25.9 Å². The van der Waals surface area contributed by atoms with Crippen LogP contribution >= 0.6 is 11.6 Å². The molecule has 0 spiro atoms. The van der Waals surface area contributed by atoms with Crippen LogP contribution in [0.5, 0.6) is 5.75 Å². The third kappa shape index (κ3) is 5.09. The SMILES string of the molecule is CC(NCc1cc(Cl)ccc1OC(F)F)C1CCOCC1. The van der Waals surface area contributed by atoms with E-state index in [1.807, 2.05) is 0 Å². The molecule has 1 aromatic carbocycles. The predicted octanol–water partition coefficient (Wildman–Crippen LogP) is 3.85. The summed E-state index contributed by atoms with van der Waals surface area (Å²) in [6.45, 7) is 1.29. The Balaban J connectivity index is 1.96. The molecule has 1 aliphatic rings. The first kappa shape index (κ1) is 16.5. The van der Waals surface area contributed by atoms with Crippen LogP contribution in [0.4, 0.5) is 8.78 Å². The van der Waals surface area contributed by atoms with E-state index in [9.17, 15) is 8.78 Å². The lowest BCUT2D eigenvalue weighted by Gasteiger charge is -2.28. The highest BCUT2D eigenvalue weighted by Crippen LogP contribution is 2.25. The quantitative estimate of drug-likeness (QED) is 0.864. The molecule has 1 heterocycles. The van der Waals surface area contributed by atoms with Crippen molar-refractivity contribution in [2.45, 2.75) is 39.0 Å². The number of ether oxygens (including phenoxy) is 2. The summed E-state index contributed by atoms with van der Waals surface area (Å²) in [5, 5.41) is 3.88. The minimum Gasteiger partial charge on any atom is -0.434 e. The molecule has 1 aliphatic heterocycles. The van der Waals surface area contributed by atoms with Crippen LogP contribution in [0.3, 0.4) is 0 Å². The highest BCUT2D eigenvalue weighted by molar-refractivity contribution is 6.30. The van der Waals surface area contributed by atoms with Gasteiger partial charge in [0.1, 0.15) is 5.75 Å². The first-order valence-electron chi connectivity index (χ1n) is 7.10. The van der Waals surface area contributed by atoms with Gasteiger partial charge in [0, 0.05) is 36.4 Å². The lowest BCUT2D eigenvalue weighted by Crippen LogP contribution is -2.36. The topological polar surface area (TPSA) is 30.5 Å². The maximum atomic E-state index is 12.4. The van der Waals surface area contributed by atoms with Gasteiger partial charge in [-0.25, -0.2) is 0 Å². The zero-order valence-corrected chi connectivity index (χ0v) is 12.7. The van der Waals surface area contributed by atoms with Gasteiger partial charge in [0.15, 0.2) is 0 Å². The minimum atomic E-state index is -2.84. The van der Waals surface area contributed by atoms with Crippen LogP contribution in [0.15, 0.2) is 18.2 Å². The standard InChI is InChI=1S/C15H20ClF2NO2/c1-10(11-4-6-20-7-5-11)19-9-12-8-13(16)2-3-14(12)21-15(17)18/h2-3,8,10-11,15,19H,4-7,9H2,1H3. The molecular formula is C15H20ClF2NO2. The van der Waals surface area contributed by atoms with E-state index in [0.717, 1.165) is 26.1 Å². The molecule has 1 saturated heterocycles. The summed E-state index contributed by atoms with van der Waals surface area (Å²) >= 11 is 5.93. The van der Waals surface area contributed by atoms with Gasteiger partial charge in [-0.05, 0) is 43.9 Å². The van der Waals surface area contributed by atoms with Gasteiger partial charge in [-0.15, -0.1) is 0 Å². The van der Waals surface area contributed by atoms with E-state index >= 15 is 0 Å². The molecule has 1 N–H and O–H groups in total. The van der Waals surface area contributed by atoms with E-state index in [4.69, 9.17) is 16.3 Å². The van der Waals surface area contributed by atoms with Crippen LogP contribution in [0.2, 0.25) is 5.02 Å². The monoisotopic (exact) mass is 319 g/mol. The van der Waals surface area contributed by atoms with Crippen LogP contribution < -0.4 is 10.1 Å². The van der Waals surface area contributed by atoms with Gasteiger partial charge in [0.2, 0.25) is 0 Å². The van der Waals surface area contributed by atoms with Gasteiger partial charge in [0.25, 0.3) is 0 Å². The fourth-order valence-corrected chi connectivity index (χ4v) is 2.75. The van der Waals surface area contributed by atoms with E-state index in [1.165, 1.54) is 6.07 Å². The second kappa shape index (κ2) is 7.92. The molecule has 6 heteroatoms. The molecule has 0 aliphatic carbocycles. The van der Waals surface area contributed by atoms with Crippen molar-refractivity contribution in [1.29, 1.82) is 0 Å². The zero-order chi connectivity index (χ0) is 15.2. The minimum absolute atomic E-state index is 0.168. The Kier molecular flexibility index (Phi) is 6.21. The average molecular weight is 320 g/mol. The van der Waals surface area contributed by atoms with Crippen molar-refractivity contribution in [1.82, 2.24) is 5.32 Å². The zero-order valence-electron chi connectivity index (χ0n) is 12.0. The van der Waals surface area contributed by atoms with E-state index < -0.39 is 6.61 Å². The molecule has 1 unspecified atom stereocenters. The number of rotatable bonds is 6. The normalized spacial score (nSPS) is 18.0. The Morgan fingerprint density at radius 1 is 1.38 bits per heavy atom. The van der Waals surface area contributed by atoms with Crippen molar-refractivity contribution in [3.63, 3.8) is 0 Å². The number of hydrogen-bond donors (Lipinski definition) is 1. The van der Waals surface area contributed by atoms with Gasteiger partial charge >= 0.3 is 6.61 Å². The van der Waals surface area contributed by atoms with Crippen LogP contribution in [0, 0.1) is 5.92 Å².